The van der Waals surface area contributed by atoms with E-state index in [1.165, 1.54) is 0 Å². The Bertz CT molecular complexity index is 1110. The van der Waals surface area contributed by atoms with Gasteiger partial charge in [0.25, 0.3) is 5.91 Å². The minimum atomic E-state index is -0.248. The van der Waals surface area contributed by atoms with Gasteiger partial charge < -0.3 is 14.5 Å². The first-order chi connectivity index (χ1) is 13.7. The van der Waals surface area contributed by atoms with Crippen molar-refractivity contribution in [1.82, 2.24) is 15.2 Å². The molecule has 0 aliphatic heterocycles. The number of hydrogen-bond donors (Lipinski definition) is 1. The second-order valence-electron chi connectivity index (χ2n) is 5.88. The first kappa shape index (κ1) is 17.4. The third-order valence-corrected chi connectivity index (χ3v) is 4.09. The Balaban J connectivity index is 1.64. The van der Waals surface area contributed by atoms with Gasteiger partial charge in [0, 0.05) is 23.5 Å². The summed E-state index contributed by atoms with van der Waals surface area (Å²) in [6, 6.07) is 17.9. The van der Waals surface area contributed by atoms with Crippen LogP contribution in [0.3, 0.4) is 0 Å². The molecule has 0 spiro atoms. The third-order valence-electron chi connectivity index (χ3n) is 4.09. The fourth-order valence-electron chi connectivity index (χ4n) is 2.68. The molecule has 0 bridgehead atoms. The average molecular weight is 372 g/mol. The first-order valence-electron chi connectivity index (χ1n) is 8.53. The predicted molar refractivity (Wildman–Crippen MR) is 104 cm³/mol. The number of para-hydroxylation sites is 1. The summed E-state index contributed by atoms with van der Waals surface area (Å²) >= 11 is 0. The zero-order chi connectivity index (χ0) is 19.3. The SMILES string of the molecule is COc1cccc(-c2nnc(-c3ccccc3NC(=O)c3ccncc3)o2)c1. The van der Waals surface area contributed by atoms with E-state index < -0.39 is 0 Å². The van der Waals surface area contributed by atoms with Gasteiger partial charge >= 0.3 is 0 Å². The second-order valence-corrected chi connectivity index (χ2v) is 5.88. The largest absolute Gasteiger partial charge is 0.497 e. The first-order valence-corrected chi connectivity index (χ1v) is 8.53. The number of nitrogens with one attached hydrogen (secondary N) is 1. The zero-order valence-electron chi connectivity index (χ0n) is 15.0. The molecular formula is C21H16N4O3. The van der Waals surface area contributed by atoms with Crippen LogP contribution in [-0.2, 0) is 0 Å². The molecule has 7 nitrogen and oxygen atoms in total. The Kier molecular flexibility index (Phi) is 4.79. The highest BCUT2D eigenvalue weighted by Crippen LogP contribution is 2.30. The van der Waals surface area contributed by atoms with Crippen LogP contribution in [0.1, 0.15) is 10.4 Å². The lowest BCUT2D eigenvalue weighted by atomic mass is 10.1. The summed E-state index contributed by atoms with van der Waals surface area (Å²) in [6.45, 7) is 0. The number of ether oxygens (including phenoxy) is 1. The number of amides is 1. The molecule has 2 heterocycles. The molecular weight excluding hydrogens is 356 g/mol. The Hall–Kier alpha value is -4.00. The number of aromatic nitrogens is 3. The summed E-state index contributed by atoms with van der Waals surface area (Å²) in [4.78, 5) is 16.4. The molecule has 1 amide bonds. The van der Waals surface area contributed by atoms with Crippen molar-refractivity contribution in [2.45, 2.75) is 0 Å². The van der Waals surface area contributed by atoms with Crippen LogP contribution in [0, 0.1) is 0 Å². The molecule has 2 aromatic carbocycles. The molecule has 0 unspecified atom stereocenters. The number of anilines is 1. The van der Waals surface area contributed by atoms with Gasteiger partial charge in [-0.05, 0) is 42.5 Å². The van der Waals surface area contributed by atoms with E-state index >= 15 is 0 Å². The summed E-state index contributed by atoms with van der Waals surface area (Å²) in [5.74, 6) is 1.12. The topological polar surface area (TPSA) is 90.1 Å². The minimum absolute atomic E-state index is 0.248. The lowest BCUT2D eigenvalue weighted by molar-refractivity contribution is 0.102. The number of hydrogen-bond acceptors (Lipinski definition) is 6. The molecule has 4 aromatic rings. The highest BCUT2D eigenvalue weighted by Gasteiger charge is 2.16. The quantitative estimate of drug-likeness (QED) is 0.568. The summed E-state index contributed by atoms with van der Waals surface area (Å²) in [5.41, 5.74) is 2.46. The number of pyridine rings is 1. The van der Waals surface area contributed by atoms with Gasteiger partial charge in [-0.3, -0.25) is 9.78 Å². The van der Waals surface area contributed by atoms with E-state index in [2.05, 4.69) is 20.5 Å². The van der Waals surface area contributed by atoms with Gasteiger partial charge in [-0.1, -0.05) is 18.2 Å². The Morgan fingerprint density at radius 2 is 1.75 bits per heavy atom. The normalized spacial score (nSPS) is 10.5. The molecule has 2 aromatic heterocycles. The smallest absolute Gasteiger partial charge is 0.255 e. The van der Waals surface area contributed by atoms with Crippen molar-refractivity contribution in [3.63, 3.8) is 0 Å². The van der Waals surface area contributed by atoms with E-state index in [0.717, 1.165) is 5.56 Å². The number of carbonyl (C=O) groups is 1. The molecule has 4 rings (SSSR count). The van der Waals surface area contributed by atoms with Gasteiger partial charge in [0.15, 0.2) is 0 Å². The van der Waals surface area contributed by atoms with Gasteiger partial charge in [-0.15, -0.1) is 10.2 Å². The van der Waals surface area contributed by atoms with E-state index in [4.69, 9.17) is 9.15 Å². The van der Waals surface area contributed by atoms with Crippen molar-refractivity contribution in [2.24, 2.45) is 0 Å². The Morgan fingerprint density at radius 3 is 2.57 bits per heavy atom. The van der Waals surface area contributed by atoms with Crippen molar-refractivity contribution in [3.8, 4) is 28.7 Å². The molecule has 7 heteroatoms. The molecule has 0 aliphatic rings. The maximum Gasteiger partial charge on any atom is 0.255 e. The van der Waals surface area contributed by atoms with Gasteiger partial charge in [0.1, 0.15) is 5.75 Å². The molecule has 0 saturated heterocycles. The van der Waals surface area contributed by atoms with Gasteiger partial charge in [-0.2, -0.15) is 0 Å². The van der Waals surface area contributed by atoms with Crippen LogP contribution >= 0.6 is 0 Å². The van der Waals surface area contributed by atoms with E-state index in [-0.39, 0.29) is 5.91 Å². The molecule has 0 aliphatic carbocycles. The van der Waals surface area contributed by atoms with Crippen LogP contribution < -0.4 is 10.1 Å². The monoisotopic (exact) mass is 372 g/mol. The number of nitrogens with zero attached hydrogens (tertiary/aromatic N) is 3. The summed E-state index contributed by atoms with van der Waals surface area (Å²) < 4.78 is 11.1. The van der Waals surface area contributed by atoms with Crippen LogP contribution in [0.15, 0.2) is 77.5 Å². The van der Waals surface area contributed by atoms with E-state index in [1.54, 1.807) is 37.7 Å². The average Bonchev–Trinajstić information content (AvgIpc) is 3.25. The van der Waals surface area contributed by atoms with Crippen LogP contribution in [0.5, 0.6) is 5.75 Å². The van der Waals surface area contributed by atoms with Crippen LogP contribution in [-0.4, -0.2) is 28.2 Å². The third kappa shape index (κ3) is 3.59. The fourth-order valence-corrected chi connectivity index (χ4v) is 2.68. The Labute approximate surface area is 161 Å². The lowest BCUT2D eigenvalue weighted by Crippen LogP contribution is -2.12. The van der Waals surface area contributed by atoms with E-state index in [0.29, 0.717) is 34.3 Å². The molecule has 0 fully saturated rings. The maximum atomic E-state index is 12.5. The van der Waals surface area contributed by atoms with Gasteiger partial charge in [0.2, 0.25) is 11.8 Å². The van der Waals surface area contributed by atoms with Crippen molar-refractivity contribution >= 4 is 11.6 Å². The van der Waals surface area contributed by atoms with Gasteiger partial charge in [-0.25, -0.2) is 0 Å². The highest BCUT2D eigenvalue weighted by atomic mass is 16.5. The fraction of sp³-hybridized carbons (Fsp3) is 0.0476. The molecule has 138 valence electrons. The summed E-state index contributed by atoms with van der Waals surface area (Å²) in [7, 11) is 1.60. The van der Waals surface area contributed by atoms with E-state index in [1.807, 2.05) is 42.5 Å². The number of methoxy groups -OCH3 is 1. The predicted octanol–water partition coefficient (Wildman–Crippen LogP) is 4.06. The minimum Gasteiger partial charge on any atom is -0.497 e. The molecule has 0 saturated carbocycles. The number of benzene rings is 2. The van der Waals surface area contributed by atoms with Crippen molar-refractivity contribution < 1.29 is 13.9 Å². The van der Waals surface area contributed by atoms with Crippen molar-refractivity contribution in [2.75, 3.05) is 12.4 Å². The van der Waals surface area contributed by atoms with Crippen LogP contribution in [0.2, 0.25) is 0 Å². The highest BCUT2D eigenvalue weighted by molar-refractivity contribution is 6.05. The molecule has 0 atom stereocenters. The zero-order valence-corrected chi connectivity index (χ0v) is 15.0. The number of rotatable bonds is 5. The van der Waals surface area contributed by atoms with Gasteiger partial charge in [0.05, 0.1) is 18.4 Å². The molecule has 28 heavy (non-hydrogen) atoms. The molecule has 1 N–H and O–H groups in total. The Morgan fingerprint density at radius 1 is 0.964 bits per heavy atom. The summed E-state index contributed by atoms with van der Waals surface area (Å²) in [5, 5.41) is 11.1. The maximum absolute atomic E-state index is 12.5. The number of carbonyl (C=O) groups excluding carboxylic acids is 1. The van der Waals surface area contributed by atoms with Crippen LogP contribution in [0.4, 0.5) is 5.69 Å². The molecule has 0 radical (unpaired) electrons. The standard InChI is InChI=1S/C21H16N4O3/c1-27-16-6-4-5-15(13-16)20-24-25-21(28-20)17-7-2-3-8-18(17)23-19(26)14-9-11-22-12-10-14/h2-13H,1H3,(H,23,26). The van der Waals surface area contributed by atoms with Crippen molar-refractivity contribution in [3.05, 3.63) is 78.6 Å². The van der Waals surface area contributed by atoms with Crippen LogP contribution in [0.25, 0.3) is 22.9 Å². The second kappa shape index (κ2) is 7.71. The van der Waals surface area contributed by atoms with Crippen molar-refractivity contribution in [1.29, 1.82) is 0 Å². The lowest BCUT2D eigenvalue weighted by Gasteiger charge is -2.08. The van der Waals surface area contributed by atoms with E-state index in [9.17, 15) is 4.79 Å². The summed E-state index contributed by atoms with van der Waals surface area (Å²) in [6.07, 6.45) is 3.14.